The summed E-state index contributed by atoms with van der Waals surface area (Å²) in [6, 6.07) is 10.2. The summed E-state index contributed by atoms with van der Waals surface area (Å²) in [5.74, 6) is 1.85. The van der Waals surface area contributed by atoms with Crippen LogP contribution in [-0.2, 0) is 15.2 Å². The van der Waals surface area contributed by atoms with Crippen molar-refractivity contribution in [2.75, 3.05) is 7.05 Å². The normalized spacial score (nSPS) is 46.3. The number of nitrogens with one attached hydrogen (secondary N) is 1. The van der Waals surface area contributed by atoms with E-state index in [0.29, 0.717) is 23.8 Å². The van der Waals surface area contributed by atoms with Gasteiger partial charge in [0.15, 0.2) is 6.23 Å². The van der Waals surface area contributed by atoms with Crippen LogP contribution in [0.4, 0.5) is 0 Å². The van der Waals surface area contributed by atoms with E-state index in [9.17, 15) is 9.90 Å². The first-order valence-electron chi connectivity index (χ1n) is 12.9. The molecule has 33 heavy (non-hydrogen) atoms. The molecule has 0 spiro atoms. The lowest BCUT2D eigenvalue weighted by Gasteiger charge is -2.62. The van der Waals surface area contributed by atoms with Gasteiger partial charge < -0.3 is 5.11 Å². The van der Waals surface area contributed by atoms with Gasteiger partial charge in [0, 0.05) is 22.9 Å². The second-order valence-electron chi connectivity index (χ2n) is 12.2. The smallest absolute Gasteiger partial charge is 0.247 e. The number of likely N-dealkylation sites (N-methyl/N-ethyl adjacent to an activating group) is 1. The Labute approximate surface area is 197 Å². The van der Waals surface area contributed by atoms with Crippen LogP contribution in [0.15, 0.2) is 42.0 Å². The number of rotatable bonds is 2. The molecule has 2 saturated heterocycles. The molecule has 3 unspecified atom stereocenters. The molecule has 5 fully saturated rings. The van der Waals surface area contributed by atoms with Gasteiger partial charge in [-0.25, -0.2) is 10.3 Å². The van der Waals surface area contributed by atoms with Crippen molar-refractivity contribution >= 4 is 5.91 Å². The zero-order valence-electron chi connectivity index (χ0n) is 20.4. The Morgan fingerprint density at radius 1 is 1.09 bits per heavy atom. The average molecular weight is 451 g/mol. The molecule has 0 aromatic heterocycles. The van der Waals surface area contributed by atoms with Crippen LogP contribution in [0.2, 0.25) is 0 Å². The number of nitrogens with zero attached hydrogens (tertiary/aromatic N) is 1. The van der Waals surface area contributed by atoms with Gasteiger partial charge in [0.1, 0.15) is 5.60 Å². The average Bonchev–Trinajstić information content (AvgIpc) is 3.15. The van der Waals surface area contributed by atoms with Crippen LogP contribution in [0.5, 0.6) is 0 Å². The number of benzene rings is 1. The molecule has 7 aliphatic rings. The molecule has 1 aromatic rings. The topological polar surface area (TPSA) is 61.8 Å². The van der Waals surface area contributed by atoms with E-state index in [4.69, 9.17) is 4.84 Å². The third-order valence-electron chi connectivity index (χ3n) is 10.8. The number of carbonyl (C=O) groups is 1. The van der Waals surface area contributed by atoms with E-state index < -0.39 is 11.8 Å². The van der Waals surface area contributed by atoms with E-state index in [1.807, 2.05) is 37.3 Å². The molecular formula is C28H38N2O3. The highest BCUT2D eigenvalue weighted by molar-refractivity contribution is 5.79. The molecule has 4 heterocycles. The van der Waals surface area contributed by atoms with Gasteiger partial charge in [0.25, 0.3) is 0 Å². The Bertz CT molecular complexity index is 990. The number of hydroxylamine groups is 1. The van der Waals surface area contributed by atoms with Gasteiger partial charge in [-0.3, -0.25) is 9.69 Å². The Morgan fingerprint density at radius 2 is 1.85 bits per heavy atom. The molecule has 4 aliphatic heterocycles. The molecule has 9 atom stereocenters. The quantitative estimate of drug-likeness (QED) is 0.657. The van der Waals surface area contributed by atoms with Crippen molar-refractivity contribution in [1.29, 1.82) is 0 Å². The highest BCUT2D eigenvalue weighted by Gasteiger charge is 2.63. The molecule has 178 valence electrons. The Kier molecular flexibility index (Phi) is 4.73. The fraction of sp³-hybridized carbons (Fsp3) is 0.679. The summed E-state index contributed by atoms with van der Waals surface area (Å²) in [6.45, 7) is 6.68. The van der Waals surface area contributed by atoms with Crippen LogP contribution in [-0.4, -0.2) is 35.2 Å². The predicted molar refractivity (Wildman–Crippen MR) is 127 cm³/mol. The van der Waals surface area contributed by atoms with Crippen LogP contribution >= 0.6 is 0 Å². The number of hydrogen-bond acceptors (Lipinski definition) is 4. The minimum atomic E-state index is -1.20. The van der Waals surface area contributed by atoms with E-state index in [2.05, 4.69) is 37.4 Å². The van der Waals surface area contributed by atoms with E-state index in [0.717, 1.165) is 43.2 Å². The number of hydrogen-bond donors (Lipinski definition) is 2. The largest absolute Gasteiger partial charge is 0.381 e. The molecule has 2 N–H and O–H groups in total. The fourth-order valence-corrected chi connectivity index (χ4v) is 9.08. The molecule has 5 nitrogen and oxygen atoms in total. The van der Waals surface area contributed by atoms with Crippen LogP contribution < -0.4 is 5.48 Å². The number of fused-ring (bicyclic) bond motifs is 1. The van der Waals surface area contributed by atoms with Gasteiger partial charge in [-0.1, -0.05) is 50.3 Å². The first kappa shape index (κ1) is 21.8. The monoisotopic (exact) mass is 450 g/mol. The van der Waals surface area contributed by atoms with Crippen molar-refractivity contribution in [2.45, 2.75) is 77.2 Å². The molecule has 0 radical (unpaired) electrons. The maximum atomic E-state index is 13.4. The molecule has 3 aliphatic carbocycles. The van der Waals surface area contributed by atoms with Crippen molar-refractivity contribution < 1.29 is 14.7 Å². The van der Waals surface area contributed by atoms with Crippen LogP contribution in [0.1, 0.15) is 64.9 Å². The lowest BCUT2D eigenvalue weighted by molar-refractivity contribution is -0.186. The first-order valence-corrected chi connectivity index (χ1v) is 12.9. The van der Waals surface area contributed by atoms with Crippen molar-refractivity contribution in [2.24, 2.45) is 34.5 Å². The fourth-order valence-electron chi connectivity index (χ4n) is 9.08. The molecule has 3 saturated carbocycles. The van der Waals surface area contributed by atoms with Crippen LogP contribution in [0, 0.1) is 34.5 Å². The third kappa shape index (κ3) is 2.85. The van der Waals surface area contributed by atoms with E-state index >= 15 is 0 Å². The molecule has 8 bridgehead atoms. The van der Waals surface area contributed by atoms with Gasteiger partial charge in [-0.15, -0.1) is 0 Å². The number of amides is 1. The summed E-state index contributed by atoms with van der Waals surface area (Å²) in [4.78, 5) is 22.0. The summed E-state index contributed by atoms with van der Waals surface area (Å²) in [6.07, 6.45) is 8.61. The minimum absolute atomic E-state index is 0.0132. The third-order valence-corrected chi connectivity index (χ3v) is 10.8. The summed E-state index contributed by atoms with van der Waals surface area (Å²) in [7, 11) is 2.11. The lowest BCUT2D eigenvalue weighted by atomic mass is 9.47. The van der Waals surface area contributed by atoms with Gasteiger partial charge in [0.05, 0.1) is 0 Å². The predicted octanol–water partition coefficient (Wildman–Crippen LogP) is 4.38. The summed E-state index contributed by atoms with van der Waals surface area (Å²) >= 11 is 0. The summed E-state index contributed by atoms with van der Waals surface area (Å²) in [5.41, 5.74) is 3.42. The van der Waals surface area contributed by atoms with Crippen LogP contribution in [0.25, 0.3) is 0 Å². The van der Waals surface area contributed by atoms with Crippen molar-refractivity contribution in [3.05, 3.63) is 47.5 Å². The molecule has 5 heteroatoms. The molecule has 1 aromatic carbocycles. The minimum Gasteiger partial charge on any atom is -0.381 e. The Balaban J connectivity index is 1.54. The van der Waals surface area contributed by atoms with Crippen molar-refractivity contribution in [1.82, 2.24) is 10.4 Å². The molecule has 8 rings (SSSR count). The van der Waals surface area contributed by atoms with Crippen molar-refractivity contribution in [3.8, 4) is 0 Å². The summed E-state index contributed by atoms with van der Waals surface area (Å²) in [5, 5.41) is 11.9. The van der Waals surface area contributed by atoms with Gasteiger partial charge in [-0.05, 0) is 81.2 Å². The highest BCUT2D eigenvalue weighted by atomic mass is 16.7. The van der Waals surface area contributed by atoms with Gasteiger partial charge in [0.2, 0.25) is 5.91 Å². The zero-order valence-corrected chi connectivity index (χ0v) is 20.4. The van der Waals surface area contributed by atoms with E-state index in [1.165, 1.54) is 6.42 Å². The van der Waals surface area contributed by atoms with Crippen molar-refractivity contribution in [3.63, 3.8) is 0 Å². The Morgan fingerprint density at radius 3 is 2.61 bits per heavy atom. The SMILES string of the molecule is CN1C2ONC(=O)[C@H]3CC[C@H]4[C@H]5CC[C@@H]1[C@](C)(C=C2C(C)(O)c1ccccc1)C5CC[C@]34C. The second-order valence-corrected chi connectivity index (χ2v) is 12.2. The highest BCUT2D eigenvalue weighted by Crippen LogP contribution is 2.66. The van der Waals surface area contributed by atoms with Gasteiger partial charge >= 0.3 is 0 Å². The van der Waals surface area contributed by atoms with Crippen LogP contribution in [0.3, 0.4) is 0 Å². The first-order chi connectivity index (χ1) is 15.7. The summed E-state index contributed by atoms with van der Waals surface area (Å²) < 4.78 is 0. The van der Waals surface area contributed by atoms with E-state index in [-0.39, 0.29) is 22.7 Å². The standard InChI is InChI=1S/C28H38N2O3/c1-26-15-14-20-18-10-13-23-27(20,2)16-22(28(3,32)17-8-6-5-7-9-17)25(30(23)4)33-29-24(31)21(26)12-11-19(18)26/h5-9,16,18-21,23,25,32H,10-15H2,1-4H3,(H,29,31)/t18-,19+,20?,21-,23-,25?,26+,27-,28?/m1/s1. The zero-order chi connectivity index (χ0) is 23.2. The molecular weight excluding hydrogens is 412 g/mol. The maximum absolute atomic E-state index is 13.4. The number of carbonyl (C=O) groups excluding carboxylic acids is 1. The molecule has 1 amide bonds. The Hall–Kier alpha value is -1.69. The van der Waals surface area contributed by atoms with E-state index in [1.54, 1.807) is 0 Å². The second kappa shape index (κ2) is 7.16. The van der Waals surface area contributed by atoms with Gasteiger partial charge in [-0.2, -0.15) is 0 Å². The maximum Gasteiger partial charge on any atom is 0.247 e. The lowest BCUT2D eigenvalue weighted by Crippen LogP contribution is -2.64. The number of aliphatic hydroxyl groups is 1.